The van der Waals surface area contributed by atoms with Crippen molar-refractivity contribution >= 4 is 23.5 Å². The lowest BCUT2D eigenvalue weighted by Gasteiger charge is -2.21. The average Bonchev–Trinajstić information content (AvgIpc) is 2.86. The third-order valence-corrected chi connectivity index (χ3v) is 5.06. The molecule has 0 saturated heterocycles. The zero-order valence-corrected chi connectivity index (χ0v) is 19.5. The normalized spacial score (nSPS) is 11.4. The van der Waals surface area contributed by atoms with Crippen molar-refractivity contribution in [3.05, 3.63) is 95.8 Å². The van der Waals surface area contributed by atoms with E-state index in [0.717, 1.165) is 11.6 Å². The van der Waals surface area contributed by atoms with E-state index in [1.165, 1.54) is 18.2 Å². The van der Waals surface area contributed by atoms with Crippen molar-refractivity contribution in [2.45, 2.75) is 26.5 Å². The molecule has 0 heterocycles. The molecule has 0 bridgehead atoms. The predicted octanol–water partition coefficient (Wildman–Crippen LogP) is 4.34. The second-order valence-electron chi connectivity index (χ2n) is 8.13. The van der Waals surface area contributed by atoms with Crippen molar-refractivity contribution in [1.82, 2.24) is 5.32 Å². The van der Waals surface area contributed by atoms with E-state index in [4.69, 9.17) is 9.47 Å². The van der Waals surface area contributed by atoms with E-state index in [1.807, 2.05) is 30.3 Å². The van der Waals surface area contributed by atoms with Gasteiger partial charge >= 0.3 is 5.97 Å². The van der Waals surface area contributed by atoms with Gasteiger partial charge in [0.05, 0.1) is 5.56 Å². The molecule has 35 heavy (non-hydrogen) atoms. The molecule has 0 radical (unpaired) electrons. The number of hydrogen-bond acceptors (Lipinski definition) is 5. The van der Waals surface area contributed by atoms with Gasteiger partial charge in [-0.25, -0.2) is 9.18 Å². The number of rotatable bonds is 10. The van der Waals surface area contributed by atoms with E-state index >= 15 is 0 Å². The third kappa shape index (κ3) is 7.67. The van der Waals surface area contributed by atoms with Crippen LogP contribution in [0.1, 0.15) is 29.8 Å². The highest BCUT2D eigenvalue weighted by molar-refractivity contribution is 5.97. The van der Waals surface area contributed by atoms with Crippen molar-refractivity contribution < 1.29 is 28.2 Å². The number of anilines is 1. The summed E-state index contributed by atoms with van der Waals surface area (Å²) in [6.45, 7) is 3.29. The van der Waals surface area contributed by atoms with Crippen LogP contribution in [-0.4, -0.2) is 30.4 Å². The van der Waals surface area contributed by atoms with Gasteiger partial charge in [-0.05, 0) is 47.9 Å². The topological polar surface area (TPSA) is 93.7 Å². The molecule has 3 aromatic rings. The SMILES string of the molecule is CC(C)[C@H](NC(=O)c1ccccc1F)C(=O)OCC(=O)Nc1ccc(OCc2ccccc2)cc1. The number of amides is 2. The molecule has 0 saturated carbocycles. The quantitative estimate of drug-likeness (QED) is 0.423. The predicted molar refractivity (Wildman–Crippen MR) is 129 cm³/mol. The van der Waals surface area contributed by atoms with E-state index in [1.54, 1.807) is 38.1 Å². The van der Waals surface area contributed by atoms with Crippen LogP contribution in [0.2, 0.25) is 0 Å². The van der Waals surface area contributed by atoms with Gasteiger partial charge in [0, 0.05) is 5.69 Å². The molecule has 3 rings (SSSR count). The van der Waals surface area contributed by atoms with Crippen LogP contribution in [-0.2, 0) is 20.9 Å². The van der Waals surface area contributed by atoms with Crippen molar-refractivity contribution in [3.8, 4) is 5.75 Å². The Kier molecular flexibility index (Phi) is 8.95. The van der Waals surface area contributed by atoms with Gasteiger partial charge in [0.2, 0.25) is 0 Å². The van der Waals surface area contributed by atoms with Crippen LogP contribution in [0.4, 0.5) is 10.1 Å². The first-order valence-corrected chi connectivity index (χ1v) is 11.1. The Morgan fingerprint density at radius 3 is 2.20 bits per heavy atom. The Hall–Kier alpha value is -4.20. The molecule has 0 aliphatic rings. The number of carbonyl (C=O) groups is 3. The number of ether oxygens (including phenoxy) is 2. The van der Waals surface area contributed by atoms with E-state index in [-0.39, 0.29) is 11.5 Å². The lowest BCUT2D eigenvalue weighted by Crippen LogP contribution is -2.46. The lowest BCUT2D eigenvalue weighted by molar-refractivity contribution is -0.150. The molecular weight excluding hydrogens is 451 g/mol. The Bertz CT molecular complexity index is 1150. The van der Waals surface area contributed by atoms with E-state index < -0.39 is 36.2 Å². The fourth-order valence-electron chi connectivity index (χ4n) is 3.16. The standard InChI is InChI=1S/C27H27FN2O5/c1-18(2)25(30-26(32)22-10-6-7-11-23(22)28)27(33)35-17-24(31)29-20-12-14-21(15-13-20)34-16-19-8-4-3-5-9-19/h3-15,18,25H,16-17H2,1-2H3,(H,29,31)(H,30,32)/t25-/m0/s1. The zero-order valence-electron chi connectivity index (χ0n) is 19.5. The number of nitrogens with one attached hydrogen (secondary N) is 2. The highest BCUT2D eigenvalue weighted by Gasteiger charge is 2.27. The second kappa shape index (κ2) is 12.3. The fraction of sp³-hybridized carbons (Fsp3) is 0.222. The first kappa shape index (κ1) is 25.4. The summed E-state index contributed by atoms with van der Waals surface area (Å²) in [5, 5.41) is 5.11. The summed E-state index contributed by atoms with van der Waals surface area (Å²) in [5.74, 6) is -2.47. The number of esters is 1. The first-order valence-electron chi connectivity index (χ1n) is 11.1. The van der Waals surface area contributed by atoms with Crippen molar-refractivity contribution in [3.63, 3.8) is 0 Å². The van der Waals surface area contributed by atoms with E-state index in [0.29, 0.717) is 18.0 Å². The zero-order chi connectivity index (χ0) is 25.2. The average molecular weight is 479 g/mol. The Morgan fingerprint density at radius 1 is 0.886 bits per heavy atom. The molecule has 0 aliphatic carbocycles. The van der Waals surface area contributed by atoms with Crippen molar-refractivity contribution in [2.24, 2.45) is 5.92 Å². The molecule has 0 unspecified atom stereocenters. The maximum absolute atomic E-state index is 13.9. The van der Waals surface area contributed by atoms with Gasteiger partial charge in [-0.2, -0.15) is 0 Å². The van der Waals surface area contributed by atoms with Gasteiger partial charge in [-0.15, -0.1) is 0 Å². The van der Waals surface area contributed by atoms with Crippen LogP contribution >= 0.6 is 0 Å². The van der Waals surface area contributed by atoms with Crippen LogP contribution in [0.15, 0.2) is 78.9 Å². The number of benzene rings is 3. The van der Waals surface area contributed by atoms with Crippen molar-refractivity contribution in [1.29, 1.82) is 0 Å². The van der Waals surface area contributed by atoms with Gasteiger partial charge in [0.1, 0.15) is 24.2 Å². The van der Waals surface area contributed by atoms with Crippen LogP contribution in [0.5, 0.6) is 5.75 Å². The minimum atomic E-state index is -1.05. The number of carbonyl (C=O) groups excluding carboxylic acids is 3. The lowest BCUT2D eigenvalue weighted by atomic mass is 10.0. The minimum Gasteiger partial charge on any atom is -0.489 e. The van der Waals surface area contributed by atoms with Gasteiger partial charge < -0.3 is 20.1 Å². The highest BCUT2D eigenvalue weighted by atomic mass is 19.1. The molecule has 0 aliphatic heterocycles. The summed E-state index contributed by atoms with van der Waals surface area (Å²) in [5.41, 5.74) is 1.36. The van der Waals surface area contributed by atoms with Crippen LogP contribution in [0.25, 0.3) is 0 Å². The van der Waals surface area contributed by atoms with Crippen LogP contribution < -0.4 is 15.4 Å². The summed E-state index contributed by atoms with van der Waals surface area (Å²) >= 11 is 0. The monoisotopic (exact) mass is 478 g/mol. The maximum Gasteiger partial charge on any atom is 0.329 e. The molecule has 2 N–H and O–H groups in total. The van der Waals surface area contributed by atoms with Crippen LogP contribution in [0.3, 0.4) is 0 Å². The minimum absolute atomic E-state index is 0.181. The molecule has 0 aromatic heterocycles. The van der Waals surface area contributed by atoms with Gasteiger partial charge in [-0.3, -0.25) is 9.59 Å². The molecule has 7 nitrogen and oxygen atoms in total. The molecule has 0 fully saturated rings. The van der Waals surface area contributed by atoms with Crippen LogP contribution in [0, 0.1) is 11.7 Å². The molecule has 182 valence electrons. The smallest absolute Gasteiger partial charge is 0.329 e. The molecule has 8 heteroatoms. The molecule has 2 amide bonds. The molecule has 1 atom stereocenters. The summed E-state index contributed by atoms with van der Waals surface area (Å²) in [6, 6.07) is 20.9. The summed E-state index contributed by atoms with van der Waals surface area (Å²) in [4.78, 5) is 37.1. The Morgan fingerprint density at radius 2 is 1.54 bits per heavy atom. The van der Waals surface area contributed by atoms with E-state index in [9.17, 15) is 18.8 Å². The van der Waals surface area contributed by atoms with Gasteiger partial charge in [-0.1, -0.05) is 56.3 Å². The molecule has 3 aromatic carbocycles. The first-order chi connectivity index (χ1) is 16.8. The largest absolute Gasteiger partial charge is 0.489 e. The fourth-order valence-corrected chi connectivity index (χ4v) is 3.16. The van der Waals surface area contributed by atoms with Gasteiger partial charge in [0.25, 0.3) is 11.8 Å². The summed E-state index contributed by atoms with van der Waals surface area (Å²) in [6.07, 6.45) is 0. The Labute approximate surface area is 203 Å². The summed E-state index contributed by atoms with van der Waals surface area (Å²) in [7, 11) is 0. The maximum atomic E-state index is 13.9. The number of halogens is 1. The van der Waals surface area contributed by atoms with E-state index in [2.05, 4.69) is 10.6 Å². The molecule has 0 spiro atoms. The third-order valence-electron chi connectivity index (χ3n) is 5.06. The Balaban J connectivity index is 1.48. The van der Waals surface area contributed by atoms with Gasteiger partial charge in [0.15, 0.2) is 6.61 Å². The second-order valence-corrected chi connectivity index (χ2v) is 8.13. The number of hydrogen-bond donors (Lipinski definition) is 2. The summed E-state index contributed by atoms with van der Waals surface area (Å²) < 4.78 is 24.7. The van der Waals surface area contributed by atoms with Crippen molar-refractivity contribution in [2.75, 3.05) is 11.9 Å². The highest BCUT2D eigenvalue weighted by Crippen LogP contribution is 2.17. The molecular formula is C27H27FN2O5.